The molecule has 1 fully saturated rings. The van der Waals surface area contributed by atoms with E-state index in [0.717, 1.165) is 40.7 Å². The van der Waals surface area contributed by atoms with Crippen molar-refractivity contribution in [2.75, 3.05) is 38.0 Å². The van der Waals surface area contributed by atoms with Crippen LogP contribution in [-0.4, -0.2) is 56.3 Å². The summed E-state index contributed by atoms with van der Waals surface area (Å²) >= 11 is 0. The van der Waals surface area contributed by atoms with Crippen LogP contribution >= 0.6 is 0 Å². The van der Waals surface area contributed by atoms with E-state index in [4.69, 9.17) is 0 Å². The van der Waals surface area contributed by atoms with Crippen LogP contribution in [0.15, 0.2) is 41.3 Å². The lowest BCUT2D eigenvalue weighted by molar-refractivity contribution is -0.117. The van der Waals surface area contributed by atoms with Crippen LogP contribution in [0.2, 0.25) is 0 Å². The molecule has 0 spiro atoms. The van der Waals surface area contributed by atoms with Crippen LogP contribution in [0.25, 0.3) is 0 Å². The average molecular weight is 431 g/mol. The topological polar surface area (TPSA) is 69.7 Å². The number of nitrogens with one attached hydrogen (secondary N) is 1. The maximum absolute atomic E-state index is 13.9. The third kappa shape index (κ3) is 4.74. The molecule has 2 aromatic rings. The second-order valence-electron chi connectivity index (χ2n) is 6.40. The third-order valence-electron chi connectivity index (χ3n) is 4.42. The van der Waals surface area contributed by atoms with Gasteiger partial charge in [-0.15, -0.1) is 0 Å². The standard InChI is InChI=1S/C18H17F4N3O3S/c19-12-4-5-13(20)16(10-12)23-17(26)11-24-6-8-25(9-7-24)29(27,28)18-14(21)2-1-3-15(18)22/h1-5,10H,6-9,11H2,(H,23,26). The first-order valence-corrected chi connectivity index (χ1v) is 10.0. The maximum atomic E-state index is 13.9. The van der Waals surface area contributed by atoms with Crippen molar-refractivity contribution in [3.05, 3.63) is 59.7 Å². The van der Waals surface area contributed by atoms with Gasteiger partial charge in [0.2, 0.25) is 15.9 Å². The first-order valence-electron chi connectivity index (χ1n) is 8.60. The van der Waals surface area contributed by atoms with Gasteiger partial charge in [-0.25, -0.2) is 26.0 Å². The second-order valence-corrected chi connectivity index (χ2v) is 8.28. The Morgan fingerprint density at radius 2 is 1.55 bits per heavy atom. The quantitative estimate of drug-likeness (QED) is 0.737. The lowest BCUT2D eigenvalue weighted by atomic mass is 10.3. The summed E-state index contributed by atoms with van der Waals surface area (Å²) in [5.41, 5.74) is -0.300. The Bertz CT molecular complexity index is 1000. The number of anilines is 1. The van der Waals surface area contributed by atoms with E-state index < -0.39 is 44.1 Å². The molecular formula is C18H17F4N3O3S. The molecule has 0 unspecified atom stereocenters. The van der Waals surface area contributed by atoms with Crippen LogP contribution in [-0.2, 0) is 14.8 Å². The second kappa shape index (κ2) is 8.47. The number of hydrogen-bond donors (Lipinski definition) is 1. The SMILES string of the molecule is O=C(CN1CCN(S(=O)(=O)c2c(F)cccc2F)CC1)Nc1cc(F)ccc1F. The monoisotopic (exact) mass is 431 g/mol. The first-order chi connectivity index (χ1) is 13.7. The van der Waals surface area contributed by atoms with Gasteiger partial charge in [-0.3, -0.25) is 9.69 Å². The minimum absolute atomic E-state index is 0.0856. The van der Waals surface area contributed by atoms with Crippen molar-refractivity contribution in [3.8, 4) is 0 Å². The first kappa shape index (κ1) is 21.2. The normalized spacial score (nSPS) is 16.0. The zero-order valence-corrected chi connectivity index (χ0v) is 15.9. The molecule has 0 radical (unpaired) electrons. The van der Waals surface area contributed by atoms with Crippen molar-refractivity contribution in [1.82, 2.24) is 9.21 Å². The molecule has 0 atom stereocenters. The van der Waals surface area contributed by atoms with E-state index in [0.29, 0.717) is 0 Å². The number of hydrogen-bond acceptors (Lipinski definition) is 4. The molecule has 1 aliphatic rings. The van der Waals surface area contributed by atoms with E-state index in [1.54, 1.807) is 4.90 Å². The van der Waals surface area contributed by atoms with Crippen molar-refractivity contribution in [3.63, 3.8) is 0 Å². The molecule has 29 heavy (non-hydrogen) atoms. The molecule has 156 valence electrons. The highest BCUT2D eigenvalue weighted by Crippen LogP contribution is 2.23. The molecule has 1 saturated heterocycles. The zero-order chi connectivity index (χ0) is 21.2. The number of nitrogens with zero attached hydrogens (tertiary/aromatic N) is 2. The molecule has 0 saturated carbocycles. The van der Waals surface area contributed by atoms with Gasteiger partial charge in [-0.05, 0) is 24.3 Å². The number of piperazine rings is 1. The highest BCUT2D eigenvalue weighted by molar-refractivity contribution is 7.89. The van der Waals surface area contributed by atoms with Crippen LogP contribution in [0.4, 0.5) is 23.2 Å². The van der Waals surface area contributed by atoms with Gasteiger partial charge in [0.25, 0.3) is 0 Å². The van der Waals surface area contributed by atoms with Crippen LogP contribution in [0.1, 0.15) is 0 Å². The lowest BCUT2D eigenvalue weighted by Crippen LogP contribution is -2.50. The van der Waals surface area contributed by atoms with Crippen LogP contribution < -0.4 is 5.32 Å². The third-order valence-corrected chi connectivity index (χ3v) is 6.37. The summed E-state index contributed by atoms with van der Waals surface area (Å²) in [6, 6.07) is 5.45. The summed E-state index contributed by atoms with van der Waals surface area (Å²) in [5.74, 6) is -4.46. The Morgan fingerprint density at radius 1 is 0.931 bits per heavy atom. The summed E-state index contributed by atoms with van der Waals surface area (Å²) in [6.45, 7) is -0.115. The smallest absolute Gasteiger partial charge is 0.249 e. The molecule has 11 heteroatoms. The van der Waals surface area contributed by atoms with E-state index in [9.17, 15) is 30.8 Å². The highest BCUT2D eigenvalue weighted by atomic mass is 32.2. The molecular weight excluding hydrogens is 414 g/mol. The van der Waals surface area contributed by atoms with Gasteiger partial charge in [-0.1, -0.05) is 6.07 Å². The molecule has 1 aliphatic heterocycles. The van der Waals surface area contributed by atoms with Crippen LogP contribution in [0.5, 0.6) is 0 Å². The molecule has 6 nitrogen and oxygen atoms in total. The van der Waals surface area contributed by atoms with Crippen molar-refractivity contribution >= 4 is 21.6 Å². The van der Waals surface area contributed by atoms with E-state index in [1.807, 2.05) is 0 Å². The van der Waals surface area contributed by atoms with E-state index in [1.165, 1.54) is 0 Å². The highest BCUT2D eigenvalue weighted by Gasteiger charge is 2.33. The molecule has 1 amide bonds. The molecule has 0 aromatic heterocycles. The Balaban J connectivity index is 1.60. The Kier molecular flexibility index (Phi) is 6.20. The van der Waals surface area contributed by atoms with Gasteiger partial charge in [0, 0.05) is 32.2 Å². The van der Waals surface area contributed by atoms with Crippen molar-refractivity contribution < 1.29 is 30.8 Å². The van der Waals surface area contributed by atoms with Gasteiger partial charge < -0.3 is 5.32 Å². The van der Waals surface area contributed by atoms with Crippen molar-refractivity contribution in [2.24, 2.45) is 0 Å². The van der Waals surface area contributed by atoms with Gasteiger partial charge in [0.1, 0.15) is 23.3 Å². The summed E-state index contributed by atoms with van der Waals surface area (Å²) in [4.78, 5) is 12.6. The molecule has 0 aliphatic carbocycles. The van der Waals surface area contributed by atoms with Gasteiger partial charge in [0.05, 0.1) is 12.2 Å². The number of carbonyl (C=O) groups is 1. The van der Waals surface area contributed by atoms with Crippen molar-refractivity contribution in [1.29, 1.82) is 0 Å². The average Bonchev–Trinajstić information content (AvgIpc) is 2.65. The lowest BCUT2D eigenvalue weighted by Gasteiger charge is -2.33. The minimum atomic E-state index is -4.37. The number of halogens is 4. The number of sulfonamides is 1. The van der Waals surface area contributed by atoms with Gasteiger partial charge >= 0.3 is 0 Å². The Morgan fingerprint density at radius 3 is 2.17 bits per heavy atom. The van der Waals surface area contributed by atoms with E-state index >= 15 is 0 Å². The summed E-state index contributed by atoms with van der Waals surface area (Å²) in [7, 11) is -4.37. The predicted octanol–water partition coefficient (Wildman–Crippen LogP) is 2.19. The van der Waals surface area contributed by atoms with Gasteiger partial charge in [0.15, 0.2) is 4.90 Å². The predicted molar refractivity (Wildman–Crippen MR) is 96.5 cm³/mol. The molecule has 0 bridgehead atoms. The minimum Gasteiger partial charge on any atom is -0.322 e. The zero-order valence-electron chi connectivity index (χ0n) is 15.0. The molecule has 3 rings (SSSR count). The maximum Gasteiger partial charge on any atom is 0.249 e. The number of benzene rings is 2. The number of amides is 1. The molecule has 1 heterocycles. The summed E-state index contributed by atoms with van der Waals surface area (Å²) < 4.78 is 80.5. The number of rotatable bonds is 5. The largest absolute Gasteiger partial charge is 0.322 e. The molecule has 2 aromatic carbocycles. The van der Waals surface area contributed by atoms with Crippen molar-refractivity contribution in [2.45, 2.75) is 4.90 Å². The summed E-state index contributed by atoms with van der Waals surface area (Å²) in [5, 5.41) is 2.25. The fraction of sp³-hybridized carbons (Fsp3) is 0.278. The molecule has 1 N–H and O–H groups in total. The fourth-order valence-corrected chi connectivity index (χ4v) is 4.50. The van der Waals surface area contributed by atoms with Crippen LogP contribution in [0, 0.1) is 23.3 Å². The van der Waals surface area contributed by atoms with Crippen LogP contribution in [0.3, 0.4) is 0 Å². The number of carbonyl (C=O) groups excluding carboxylic acids is 1. The van der Waals surface area contributed by atoms with Gasteiger partial charge in [-0.2, -0.15) is 4.31 Å². The fourth-order valence-electron chi connectivity index (χ4n) is 2.97. The Hall–Kier alpha value is -2.50. The van der Waals surface area contributed by atoms with E-state index in [2.05, 4.69) is 5.32 Å². The van der Waals surface area contributed by atoms with E-state index in [-0.39, 0.29) is 38.4 Å². The summed E-state index contributed by atoms with van der Waals surface area (Å²) in [6.07, 6.45) is 0. The Labute approximate surface area is 164 Å².